The summed E-state index contributed by atoms with van der Waals surface area (Å²) in [5.41, 5.74) is 9.10. The van der Waals surface area contributed by atoms with Gasteiger partial charge in [-0.2, -0.15) is 0 Å². The van der Waals surface area contributed by atoms with Gasteiger partial charge in [-0.25, -0.2) is 0 Å². The number of ether oxygens (including phenoxy) is 1. The Morgan fingerprint density at radius 1 is 1.05 bits per heavy atom. The standard InChI is InChI=1S/C17H17N3O/c1-20(13-4-6-14(21-2)7-5-13)16-8-3-12-11-19-10-9-15(12)17(16)18/h3-11H,18H2,1-2H3. The van der Waals surface area contributed by atoms with Gasteiger partial charge in [0.05, 0.1) is 18.5 Å². The lowest BCUT2D eigenvalue weighted by Gasteiger charge is -2.22. The summed E-state index contributed by atoms with van der Waals surface area (Å²) in [5, 5.41) is 2.06. The lowest BCUT2D eigenvalue weighted by Crippen LogP contribution is -2.11. The van der Waals surface area contributed by atoms with E-state index >= 15 is 0 Å². The number of nitrogens with two attached hydrogens (primary N) is 1. The molecular weight excluding hydrogens is 262 g/mol. The Hall–Kier alpha value is -2.75. The second-order valence-corrected chi connectivity index (χ2v) is 4.85. The quantitative estimate of drug-likeness (QED) is 0.744. The van der Waals surface area contributed by atoms with Crippen LogP contribution >= 0.6 is 0 Å². The maximum atomic E-state index is 6.32. The number of benzene rings is 2. The van der Waals surface area contributed by atoms with E-state index in [1.807, 2.05) is 55.7 Å². The molecular formula is C17H17N3O. The Morgan fingerprint density at radius 3 is 2.52 bits per heavy atom. The minimum atomic E-state index is 0.758. The highest BCUT2D eigenvalue weighted by Gasteiger charge is 2.10. The van der Waals surface area contributed by atoms with Gasteiger partial charge in [0.15, 0.2) is 0 Å². The summed E-state index contributed by atoms with van der Waals surface area (Å²) in [6, 6.07) is 13.9. The summed E-state index contributed by atoms with van der Waals surface area (Å²) in [6.45, 7) is 0. The zero-order chi connectivity index (χ0) is 14.8. The molecule has 2 aromatic carbocycles. The number of rotatable bonds is 3. The predicted molar refractivity (Wildman–Crippen MR) is 87.2 cm³/mol. The SMILES string of the molecule is COc1ccc(N(C)c2ccc3cnccc3c2N)cc1. The first-order chi connectivity index (χ1) is 10.2. The minimum Gasteiger partial charge on any atom is -0.497 e. The first-order valence-electron chi connectivity index (χ1n) is 6.70. The monoisotopic (exact) mass is 279 g/mol. The molecule has 3 rings (SSSR count). The van der Waals surface area contributed by atoms with E-state index in [9.17, 15) is 0 Å². The van der Waals surface area contributed by atoms with Crippen LogP contribution in [0.15, 0.2) is 54.9 Å². The molecule has 1 heterocycles. The van der Waals surface area contributed by atoms with Crippen molar-refractivity contribution in [1.29, 1.82) is 0 Å². The second kappa shape index (κ2) is 5.32. The van der Waals surface area contributed by atoms with Crippen molar-refractivity contribution in [2.24, 2.45) is 0 Å². The van der Waals surface area contributed by atoms with E-state index in [0.29, 0.717) is 0 Å². The zero-order valence-corrected chi connectivity index (χ0v) is 12.1. The third kappa shape index (κ3) is 2.36. The summed E-state index contributed by atoms with van der Waals surface area (Å²) in [7, 11) is 3.66. The molecule has 2 N–H and O–H groups in total. The third-order valence-corrected chi connectivity index (χ3v) is 3.66. The topological polar surface area (TPSA) is 51.4 Å². The van der Waals surface area contributed by atoms with Gasteiger partial charge < -0.3 is 15.4 Å². The van der Waals surface area contributed by atoms with Crippen molar-refractivity contribution in [2.45, 2.75) is 0 Å². The molecule has 0 amide bonds. The Labute approximate surface area is 123 Å². The van der Waals surface area contributed by atoms with E-state index in [4.69, 9.17) is 10.5 Å². The molecule has 0 aliphatic rings. The largest absolute Gasteiger partial charge is 0.497 e. The summed E-state index contributed by atoms with van der Waals surface area (Å²) in [6.07, 6.45) is 3.58. The van der Waals surface area contributed by atoms with Gasteiger partial charge in [-0.15, -0.1) is 0 Å². The minimum absolute atomic E-state index is 0.758. The summed E-state index contributed by atoms with van der Waals surface area (Å²) >= 11 is 0. The van der Waals surface area contributed by atoms with Gasteiger partial charge >= 0.3 is 0 Å². The Balaban J connectivity index is 2.04. The fourth-order valence-corrected chi connectivity index (χ4v) is 2.42. The molecule has 0 atom stereocenters. The molecule has 3 aromatic rings. The maximum absolute atomic E-state index is 6.32. The number of fused-ring (bicyclic) bond motifs is 1. The molecule has 0 fully saturated rings. The van der Waals surface area contributed by atoms with Crippen molar-refractivity contribution in [3.63, 3.8) is 0 Å². The predicted octanol–water partition coefficient (Wildman–Crippen LogP) is 3.59. The molecule has 0 unspecified atom stereocenters. The normalized spacial score (nSPS) is 10.6. The van der Waals surface area contributed by atoms with Crippen LogP contribution in [0.1, 0.15) is 0 Å². The number of anilines is 3. The van der Waals surface area contributed by atoms with Gasteiger partial charge in [0.25, 0.3) is 0 Å². The number of nitrogens with zero attached hydrogens (tertiary/aromatic N) is 2. The lowest BCUT2D eigenvalue weighted by molar-refractivity contribution is 0.415. The van der Waals surface area contributed by atoms with Gasteiger partial charge in [-0.05, 0) is 36.4 Å². The summed E-state index contributed by atoms with van der Waals surface area (Å²) < 4.78 is 5.19. The van der Waals surface area contributed by atoms with Crippen LogP contribution in [0.25, 0.3) is 10.8 Å². The molecule has 106 valence electrons. The van der Waals surface area contributed by atoms with E-state index in [2.05, 4.69) is 9.88 Å². The van der Waals surface area contributed by atoms with Crippen LogP contribution in [0.2, 0.25) is 0 Å². The van der Waals surface area contributed by atoms with Crippen LogP contribution in [0, 0.1) is 0 Å². The van der Waals surface area contributed by atoms with Crippen molar-refractivity contribution in [1.82, 2.24) is 4.98 Å². The van der Waals surface area contributed by atoms with Crippen LogP contribution in [0.4, 0.5) is 17.1 Å². The van der Waals surface area contributed by atoms with Gasteiger partial charge in [-0.1, -0.05) is 6.07 Å². The van der Waals surface area contributed by atoms with E-state index < -0.39 is 0 Å². The number of hydrogen-bond donors (Lipinski definition) is 1. The average Bonchev–Trinajstić information content (AvgIpc) is 2.55. The first-order valence-corrected chi connectivity index (χ1v) is 6.70. The van der Waals surface area contributed by atoms with E-state index in [1.165, 1.54) is 0 Å². The number of hydrogen-bond acceptors (Lipinski definition) is 4. The molecule has 0 saturated heterocycles. The van der Waals surface area contributed by atoms with E-state index in [-0.39, 0.29) is 0 Å². The average molecular weight is 279 g/mol. The van der Waals surface area contributed by atoms with E-state index in [0.717, 1.165) is 33.6 Å². The molecule has 0 spiro atoms. The summed E-state index contributed by atoms with van der Waals surface area (Å²) in [4.78, 5) is 6.19. The number of methoxy groups -OCH3 is 1. The van der Waals surface area contributed by atoms with Crippen molar-refractivity contribution in [2.75, 3.05) is 24.8 Å². The highest BCUT2D eigenvalue weighted by molar-refractivity contribution is 5.99. The van der Waals surface area contributed by atoms with Crippen molar-refractivity contribution >= 4 is 27.8 Å². The van der Waals surface area contributed by atoms with Crippen LogP contribution < -0.4 is 15.4 Å². The van der Waals surface area contributed by atoms with Crippen molar-refractivity contribution < 1.29 is 4.74 Å². The van der Waals surface area contributed by atoms with Crippen LogP contribution in [-0.2, 0) is 0 Å². The van der Waals surface area contributed by atoms with Crippen molar-refractivity contribution in [3.8, 4) is 5.75 Å². The molecule has 0 aliphatic heterocycles. The van der Waals surface area contributed by atoms with Crippen LogP contribution in [0.3, 0.4) is 0 Å². The van der Waals surface area contributed by atoms with E-state index in [1.54, 1.807) is 13.3 Å². The molecule has 0 aliphatic carbocycles. The number of pyridine rings is 1. The maximum Gasteiger partial charge on any atom is 0.119 e. The lowest BCUT2D eigenvalue weighted by atomic mass is 10.1. The molecule has 21 heavy (non-hydrogen) atoms. The van der Waals surface area contributed by atoms with Gasteiger partial charge in [-0.3, -0.25) is 4.98 Å². The Bertz CT molecular complexity index is 769. The number of aromatic nitrogens is 1. The van der Waals surface area contributed by atoms with Gasteiger partial charge in [0.2, 0.25) is 0 Å². The van der Waals surface area contributed by atoms with Crippen LogP contribution in [-0.4, -0.2) is 19.1 Å². The summed E-state index contributed by atoms with van der Waals surface area (Å²) in [5.74, 6) is 0.838. The fourth-order valence-electron chi connectivity index (χ4n) is 2.42. The number of nitrogen functional groups attached to an aromatic ring is 1. The molecule has 4 nitrogen and oxygen atoms in total. The highest BCUT2D eigenvalue weighted by Crippen LogP contribution is 2.34. The fraction of sp³-hybridized carbons (Fsp3) is 0.118. The van der Waals surface area contributed by atoms with Crippen LogP contribution in [0.5, 0.6) is 5.75 Å². The molecule has 4 heteroatoms. The first kappa shape index (κ1) is 13.2. The molecule has 1 aromatic heterocycles. The zero-order valence-electron chi connectivity index (χ0n) is 12.1. The molecule has 0 saturated carbocycles. The Kier molecular flexibility index (Phi) is 3.36. The van der Waals surface area contributed by atoms with Gasteiger partial charge in [0, 0.05) is 35.9 Å². The smallest absolute Gasteiger partial charge is 0.119 e. The highest BCUT2D eigenvalue weighted by atomic mass is 16.5. The third-order valence-electron chi connectivity index (χ3n) is 3.66. The second-order valence-electron chi connectivity index (χ2n) is 4.85. The molecule has 0 bridgehead atoms. The Morgan fingerprint density at radius 2 is 1.81 bits per heavy atom. The van der Waals surface area contributed by atoms with Crippen molar-refractivity contribution in [3.05, 3.63) is 54.9 Å². The molecule has 0 radical (unpaired) electrons. The van der Waals surface area contributed by atoms with Gasteiger partial charge in [0.1, 0.15) is 5.75 Å².